The van der Waals surface area contributed by atoms with Crippen molar-refractivity contribution in [1.82, 2.24) is 0 Å². The molecular weight excluding hydrogens is 140 g/mol. The quantitative estimate of drug-likeness (QED) is 0.559. The lowest BCUT2D eigenvalue weighted by Gasteiger charge is -2.23. The Morgan fingerprint density at radius 3 is 2.88 bits per heavy atom. The van der Waals surface area contributed by atoms with Crippen LogP contribution in [-0.2, 0) is 4.74 Å². The molecule has 0 amide bonds. The number of ether oxygens (including phenoxy) is 1. The number of rotatable bonds is 3. The van der Waals surface area contributed by atoms with Crippen molar-refractivity contribution in [3.05, 3.63) is 0 Å². The zero-order valence-electron chi connectivity index (χ0n) is 4.50. The summed E-state index contributed by atoms with van der Waals surface area (Å²) < 4.78 is 4.91. The molecule has 0 saturated carbocycles. The Hall–Kier alpha value is 0.240. The van der Waals surface area contributed by atoms with Crippen molar-refractivity contribution in [2.75, 3.05) is 18.1 Å². The van der Waals surface area contributed by atoms with E-state index >= 15 is 0 Å². The van der Waals surface area contributed by atoms with E-state index in [4.69, 9.17) is 4.74 Å². The third-order valence-corrected chi connectivity index (χ3v) is 2.66. The van der Waals surface area contributed by atoms with Crippen molar-refractivity contribution in [1.29, 1.82) is 0 Å². The number of hydrogen-bond acceptors (Lipinski definition) is 3. The molecule has 1 fully saturated rings. The molecule has 3 heteroatoms. The monoisotopic (exact) mass is 148 g/mol. The highest BCUT2D eigenvalue weighted by Gasteiger charge is 2.17. The van der Waals surface area contributed by atoms with Crippen LogP contribution >= 0.6 is 24.0 Å². The maximum atomic E-state index is 4.91. The lowest BCUT2D eigenvalue weighted by atomic mass is 10.2. The zero-order valence-corrected chi connectivity index (χ0v) is 6.13. The lowest BCUT2D eigenvalue weighted by Crippen LogP contribution is -2.22. The Balaban J connectivity index is 1.93. The standard InChI is InChI=1S/C5H8OS2/c7-4-6-1-5-2-8-3-5/h4-5H,1-3H2. The molecule has 0 atom stereocenters. The van der Waals surface area contributed by atoms with E-state index < -0.39 is 0 Å². The molecule has 0 unspecified atom stereocenters. The SMILES string of the molecule is S=COCC1CSC1. The van der Waals surface area contributed by atoms with E-state index in [-0.39, 0.29) is 0 Å². The van der Waals surface area contributed by atoms with Gasteiger partial charge in [0.1, 0.15) is 5.55 Å². The lowest BCUT2D eigenvalue weighted by molar-refractivity contribution is 0.275. The van der Waals surface area contributed by atoms with E-state index in [1.807, 2.05) is 11.8 Å². The minimum absolute atomic E-state index is 0.777. The summed E-state index contributed by atoms with van der Waals surface area (Å²) >= 11 is 6.46. The normalized spacial score (nSPS) is 19.5. The molecule has 0 aromatic carbocycles. The number of hydrogen-bond donors (Lipinski definition) is 0. The Labute approximate surface area is 58.8 Å². The van der Waals surface area contributed by atoms with Gasteiger partial charge in [0.15, 0.2) is 0 Å². The van der Waals surface area contributed by atoms with Crippen LogP contribution < -0.4 is 0 Å². The van der Waals surface area contributed by atoms with E-state index in [0.29, 0.717) is 0 Å². The summed E-state index contributed by atoms with van der Waals surface area (Å²) in [5, 5.41) is 0. The molecule has 0 bridgehead atoms. The second-order valence-electron chi connectivity index (χ2n) is 1.83. The van der Waals surface area contributed by atoms with E-state index in [1.165, 1.54) is 17.1 Å². The van der Waals surface area contributed by atoms with E-state index in [1.54, 1.807) is 0 Å². The van der Waals surface area contributed by atoms with Crippen molar-refractivity contribution in [2.45, 2.75) is 0 Å². The molecule has 0 spiro atoms. The third-order valence-electron chi connectivity index (χ3n) is 1.11. The summed E-state index contributed by atoms with van der Waals surface area (Å²) in [5.74, 6) is 3.28. The fourth-order valence-corrected chi connectivity index (χ4v) is 1.40. The van der Waals surface area contributed by atoms with Crippen molar-refractivity contribution >= 4 is 29.5 Å². The Bertz CT molecular complexity index is 80.5. The average molecular weight is 148 g/mol. The molecule has 1 aliphatic heterocycles. The maximum Gasteiger partial charge on any atom is 0.146 e. The van der Waals surface area contributed by atoms with Crippen molar-refractivity contribution in [2.24, 2.45) is 5.92 Å². The van der Waals surface area contributed by atoms with Gasteiger partial charge in [-0.15, -0.1) is 0 Å². The topological polar surface area (TPSA) is 9.23 Å². The maximum absolute atomic E-state index is 4.91. The van der Waals surface area contributed by atoms with Gasteiger partial charge in [-0.1, -0.05) is 0 Å². The van der Waals surface area contributed by atoms with Crippen LogP contribution in [0.5, 0.6) is 0 Å². The Morgan fingerprint density at radius 2 is 2.50 bits per heavy atom. The van der Waals surface area contributed by atoms with E-state index in [2.05, 4.69) is 12.2 Å². The first kappa shape index (κ1) is 6.36. The second-order valence-corrected chi connectivity index (χ2v) is 3.10. The number of thioether (sulfide) groups is 1. The van der Waals surface area contributed by atoms with E-state index in [0.717, 1.165) is 12.5 Å². The average Bonchev–Trinajstić information content (AvgIpc) is 1.63. The summed E-state index contributed by atoms with van der Waals surface area (Å²) in [6.45, 7) is 0.830. The van der Waals surface area contributed by atoms with Crippen molar-refractivity contribution in [3.63, 3.8) is 0 Å². The molecule has 1 saturated heterocycles. The summed E-state index contributed by atoms with van der Waals surface area (Å²) in [5.41, 5.74) is 1.35. The van der Waals surface area contributed by atoms with Crippen LogP contribution in [-0.4, -0.2) is 23.7 Å². The van der Waals surface area contributed by atoms with Gasteiger partial charge < -0.3 is 4.74 Å². The summed E-state index contributed by atoms with van der Waals surface area (Å²) in [6, 6.07) is 0. The minimum Gasteiger partial charge on any atom is -0.489 e. The first-order valence-electron chi connectivity index (χ1n) is 2.56. The van der Waals surface area contributed by atoms with Crippen LogP contribution in [0.3, 0.4) is 0 Å². The van der Waals surface area contributed by atoms with Crippen LogP contribution in [0.1, 0.15) is 0 Å². The fourth-order valence-electron chi connectivity index (χ4n) is 0.556. The molecule has 0 aromatic rings. The van der Waals surface area contributed by atoms with Gasteiger partial charge in [0.05, 0.1) is 6.61 Å². The van der Waals surface area contributed by atoms with Gasteiger partial charge in [-0.25, -0.2) is 0 Å². The van der Waals surface area contributed by atoms with E-state index in [9.17, 15) is 0 Å². The zero-order chi connectivity index (χ0) is 5.82. The van der Waals surface area contributed by atoms with Crippen molar-refractivity contribution < 1.29 is 4.74 Å². The molecular formula is C5H8OS2. The van der Waals surface area contributed by atoms with Crippen LogP contribution in [0, 0.1) is 5.92 Å². The summed E-state index contributed by atoms with van der Waals surface area (Å²) in [4.78, 5) is 0. The summed E-state index contributed by atoms with van der Waals surface area (Å²) in [7, 11) is 0. The van der Waals surface area contributed by atoms with Crippen LogP contribution in [0.25, 0.3) is 0 Å². The third kappa shape index (κ3) is 1.63. The smallest absolute Gasteiger partial charge is 0.146 e. The Kier molecular flexibility index (Phi) is 2.63. The molecule has 1 aliphatic rings. The minimum atomic E-state index is 0.777. The van der Waals surface area contributed by atoms with Crippen LogP contribution in [0.2, 0.25) is 0 Å². The second kappa shape index (κ2) is 3.30. The molecule has 0 aliphatic carbocycles. The largest absolute Gasteiger partial charge is 0.489 e. The van der Waals surface area contributed by atoms with Crippen molar-refractivity contribution in [3.8, 4) is 0 Å². The highest BCUT2D eigenvalue weighted by atomic mass is 32.2. The van der Waals surface area contributed by atoms with Gasteiger partial charge in [-0.2, -0.15) is 11.8 Å². The van der Waals surface area contributed by atoms with Crippen LogP contribution in [0.4, 0.5) is 0 Å². The predicted octanol–water partition coefficient (Wildman–Crippen LogP) is 1.32. The molecule has 0 radical (unpaired) electrons. The Morgan fingerprint density at radius 1 is 1.75 bits per heavy atom. The summed E-state index contributed by atoms with van der Waals surface area (Å²) in [6.07, 6.45) is 0. The highest BCUT2D eigenvalue weighted by molar-refractivity contribution is 8.00. The van der Waals surface area contributed by atoms with Gasteiger partial charge in [0.25, 0.3) is 0 Å². The van der Waals surface area contributed by atoms with Gasteiger partial charge in [-0.05, 0) is 12.2 Å². The fraction of sp³-hybridized carbons (Fsp3) is 0.800. The number of thiocarbonyl (C=S) groups is 1. The molecule has 46 valence electrons. The van der Waals surface area contributed by atoms with Crippen LogP contribution in [0.15, 0.2) is 0 Å². The molecule has 0 aromatic heterocycles. The molecule has 1 nitrogen and oxygen atoms in total. The molecule has 8 heavy (non-hydrogen) atoms. The van der Waals surface area contributed by atoms with Gasteiger partial charge in [-0.3, -0.25) is 0 Å². The highest BCUT2D eigenvalue weighted by Crippen LogP contribution is 2.24. The predicted molar refractivity (Wildman–Crippen MR) is 40.4 cm³/mol. The molecule has 1 heterocycles. The van der Waals surface area contributed by atoms with Gasteiger partial charge in [0.2, 0.25) is 0 Å². The first-order valence-corrected chi connectivity index (χ1v) is 4.19. The van der Waals surface area contributed by atoms with Gasteiger partial charge >= 0.3 is 0 Å². The molecule has 1 rings (SSSR count). The first-order chi connectivity index (χ1) is 3.93. The molecule has 0 N–H and O–H groups in total. The van der Waals surface area contributed by atoms with Gasteiger partial charge in [0, 0.05) is 17.4 Å².